The third-order valence-corrected chi connectivity index (χ3v) is 15.4. The fraction of sp³-hybridized carbons (Fsp3) is 0.797. The lowest BCUT2D eigenvalue weighted by atomic mass is 10.1. The van der Waals surface area contributed by atoms with Crippen LogP contribution < -0.4 is 0 Å². The number of carbonyl (C=O) groups is 3. The summed E-state index contributed by atoms with van der Waals surface area (Å²) in [5.74, 6) is -0.878. The molecule has 0 aliphatic rings. The van der Waals surface area contributed by atoms with Crippen LogP contribution in [0.15, 0.2) is 72.9 Å². The number of rotatable bonds is 64. The number of carbonyl (C=O) groups excluding carboxylic acids is 3. The van der Waals surface area contributed by atoms with E-state index < -0.39 is 6.10 Å². The Hall–Kier alpha value is -3.15. The second-order valence-corrected chi connectivity index (χ2v) is 23.4. The zero-order valence-electron chi connectivity index (χ0n) is 53.3. The van der Waals surface area contributed by atoms with Gasteiger partial charge in [0.1, 0.15) is 13.2 Å². The van der Waals surface area contributed by atoms with Crippen LogP contribution in [0.3, 0.4) is 0 Å². The summed E-state index contributed by atoms with van der Waals surface area (Å²) in [7, 11) is 0. The number of hydrogen-bond acceptors (Lipinski definition) is 6. The Kier molecular flexibility index (Phi) is 65.7. The Morgan fingerprint density at radius 2 is 0.450 bits per heavy atom. The monoisotopic (exact) mass is 1120 g/mol. The predicted molar refractivity (Wildman–Crippen MR) is 348 cm³/mol. The first-order valence-corrected chi connectivity index (χ1v) is 34.9. The van der Waals surface area contributed by atoms with Crippen LogP contribution in [-0.4, -0.2) is 37.2 Å². The maximum absolute atomic E-state index is 13.0. The molecule has 0 rings (SSSR count). The number of hydrogen-bond donors (Lipinski definition) is 0. The van der Waals surface area contributed by atoms with Gasteiger partial charge in [0.15, 0.2) is 6.10 Å². The molecule has 0 aromatic rings. The van der Waals surface area contributed by atoms with Crippen molar-refractivity contribution in [2.24, 2.45) is 0 Å². The molecule has 1 unspecified atom stereocenters. The highest BCUT2D eigenvalue weighted by atomic mass is 16.6. The van der Waals surface area contributed by atoms with Crippen LogP contribution in [0.2, 0.25) is 0 Å². The van der Waals surface area contributed by atoms with E-state index in [1.54, 1.807) is 0 Å². The van der Waals surface area contributed by atoms with E-state index in [4.69, 9.17) is 14.2 Å². The van der Waals surface area contributed by atoms with E-state index in [0.717, 1.165) is 89.9 Å². The number of esters is 3. The van der Waals surface area contributed by atoms with E-state index in [1.807, 2.05) is 0 Å². The Morgan fingerprint density at radius 3 is 0.725 bits per heavy atom. The van der Waals surface area contributed by atoms with E-state index in [1.165, 1.54) is 231 Å². The van der Waals surface area contributed by atoms with Crippen LogP contribution in [0.5, 0.6) is 0 Å². The first-order valence-electron chi connectivity index (χ1n) is 34.9. The van der Waals surface area contributed by atoms with Crippen molar-refractivity contribution in [1.82, 2.24) is 0 Å². The van der Waals surface area contributed by atoms with Crippen LogP contribution in [0.25, 0.3) is 0 Å². The number of allylic oxidation sites excluding steroid dienone is 12. The molecule has 0 radical (unpaired) electrons. The molecule has 0 saturated carbocycles. The Morgan fingerprint density at radius 1 is 0.250 bits per heavy atom. The first kappa shape index (κ1) is 76.9. The second kappa shape index (κ2) is 68.3. The lowest BCUT2D eigenvalue weighted by Crippen LogP contribution is -2.30. The third kappa shape index (κ3) is 65.7. The maximum Gasteiger partial charge on any atom is 0.306 e. The molecule has 6 heteroatoms. The molecule has 0 bridgehead atoms. The molecule has 0 N–H and O–H groups in total. The van der Waals surface area contributed by atoms with Crippen LogP contribution in [0.4, 0.5) is 0 Å². The molecule has 0 aliphatic heterocycles. The van der Waals surface area contributed by atoms with Crippen molar-refractivity contribution in [2.75, 3.05) is 13.2 Å². The van der Waals surface area contributed by atoms with Crippen molar-refractivity contribution < 1.29 is 28.6 Å². The molecule has 0 aliphatic carbocycles. The smallest absolute Gasteiger partial charge is 0.306 e. The molecule has 0 spiro atoms. The van der Waals surface area contributed by atoms with Crippen molar-refractivity contribution >= 4 is 17.9 Å². The van der Waals surface area contributed by atoms with E-state index in [9.17, 15) is 14.4 Å². The van der Waals surface area contributed by atoms with Gasteiger partial charge >= 0.3 is 17.9 Å². The van der Waals surface area contributed by atoms with Crippen LogP contribution in [0.1, 0.15) is 361 Å². The standard InChI is InChI=1S/C74H132O6/c1-4-7-10-13-16-19-22-25-28-31-34-36-37-39-40-43-46-49-52-55-58-61-64-67-73(76)79-70-71(69-78-72(75)66-63-60-57-54-51-48-45-42-33-30-27-24-21-18-15-12-9-6-3)80-74(77)68-65-62-59-56-53-50-47-44-41-38-35-32-29-26-23-20-17-14-11-8-5-2/h21-22,24-25,30-35,37,39,71H,4-20,23,26-29,36,38,40-70H2,1-3H3/b24-21-,25-22-,33-30-,34-31-,35-32-,39-37-. The quantitative estimate of drug-likeness (QED) is 0.0261. The van der Waals surface area contributed by atoms with Gasteiger partial charge in [0.05, 0.1) is 0 Å². The highest BCUT2D eigenvalue weighted by Gasteiger charge is 2.19. The molecule has 1 atom stereocenters. The lowest BCUT2D eigenvalue weighted by Gasteiger charge is -2.18. The van der Waals surface area contributed by atoms with Gasteiger partial charge in [-0.3, -0.25) is 14.4 Å². The van der Waals surface area contributed by atoms with E-state index >= 15 is 0 Å². The topological polar surface area (TPSA) is 78.9 Å². The van der Waals surface area contributed by atoms with Gasteiger partial charge in [-0.05, 0) is 116 Å². The minimum Gasteiger partial charge on any atom is -0.462 e. The summed E-state index contributed by atoms with van der Waals surface area (Å²) in [6, 6.07) is 0. The molecular weight excluding hydrogens is 985 g/mol. The van der Waals surface area contributed by atoms with Gasteiger partial charge in [-0.15, -0.1) is 0 Å². The van der Waals surface area contributed by atoms with Gasteiger partial charge < -0.3 is 14.2 Å². The fourth-order valence-electron chi connectivity index (χ4n) is 10.1. The van der Waals surface area contributed by atoms with Gasteiger partial charge in [-0.1, -0.05) is 299 Å². The number of ether oxygens (including phenoxy) is 3. The summed E-state index contributed by atoms with van der Waals surface area (Å²) in [6.07, 6.45) is 89.1. The molecule has 0 aromatic carbocycles. The maximum atomic E-state index is 13.0. The average molecular weight is 1120 g/mol. The largest absolute Gasteiger partial charge is 0.462 e. The zero-order valence-corrected chi connectivity index (χ0v) is 53.3. The van der Waals surface area contributed by atoms with Gasteiger partial charge in [-0.25, -0.2) is 0 Å². The van der Waals surface area contributed by atoms with Crippen molar-refractivity contribution in [2.45, 2.75) is 367 Å². The van der Waals surface area contributed by atoms with Crippen LogP contribution in [-0.2, 0) is 28.6 Å². The minimum atomic E-state index is -0.785. The average Bonchev–Trinajstić information content (AvgIpc) is 3.46. The van der Waals surface area contributed by atoms with Crippen molar-refractivity contribution in [3.05, 3.63) is 72.9 Å². The Bertz CT molecular complexity index is 1470. The second-order valence-electron chi connectivity index (χ2n) is 23.4. The summed E-state index contributed by atoms with van der Waals surface area (Å²) >= 11 is 0. The Labute approximate surface area is 497 Å². The fourth-order valence-corrected chi connectivity index (χ4v) is 10.1. The summed E-state index contributed by atoms with van der Waals surface area (Å²) in [5.41, 5.74) is 0. The molecule has 80 heavy (non-hydrogen) atoms. The molecule has 464 valence electrons. The third-order valence-electron chi connectivity index (χ3n) is 15.4. The molecule has 0 amide bonds. The summed E-state index contributed by atoms with van der Waals surface area (Å²) in [6.45, 7) is 6.65. The molecule has 0 aromatic heterocycles. The van der Waals surface area contributed by atoms with Crippen LogP contribution >= 0.6 is 0 Å². The summed E-state index contributed by atoms with van der Waals surface area (Å²) in [4.78, 5) is 38.5. The predicted octanol–water partition coefficient (Wildman–Crippen LogP) is 24.1. The van der Waals surface area contributed by atoms with Gasteiger partial charge in [0.25, 0.3) is 0 Å². The van der Waals surface area contributed by atoms with Crippen molar-refractivity contribution in [1.29, 1.82) is 0 Å². The lowest BCUT2D eigenvalue weighted by molar-refractivity contribution is -0.167. The molecule has 6 nitrogen and oxygen atoms in total. The van der Waals surface area contributed by atoms with E-state index in [-0.39, 0.29) is 31.1 Å². The Balaban J connectivity index is 4.38. The normalized spacial score (nSPS) is 12.5. The first-order chi connectivity index (χ1) is 39.5. The number of unbranched alkanes of at least 4 members (excludes halogenated alkanes) is 41. The van der Waals surface area contributed by atoms with Gasteiger partial charge in [0, 0.05) is 19.3 Å². The van der Waals surface area contributed by atoms with Crippen molar-refractivity contribution in [3.63, 3.8) is 0 Å². The van der Waals surface area contributed by atoms with Crippen LogP contribution in [0, 0.1) is 0 Å². The minimum absolute atomic E-state index is 0.0810. The highest BCUT2D eigenvalue weighted by molar-refractivity contribution is 5.71. The van der Waals surface area contributed by atoms with E-state index in [2.05, 4.69) is 93.7 Å². The van der Waals surface area contributed by atoms with Gasteiger partial charge in [-0.2, -0.15) is 0 Å². The molecular formula is C74H132O6. The summed E-state index contributed by atoms with van der Waals surface area (Å²) < 4.78 is 17.0. The SMILES string of the molecule is CCCCCC/C=C\C/C=C\CCCCCCCCCC(=O)OCC(COC(=O)CCCCCCCCCC/C=C\C/C=C\C/C=C\CCCCCCC)OC(=O)CCCCCCCCCCC/C=C\CCCCCCCCCC. The molecule has 0 fully saturated rings. The van der Waals surface area contributed by atoms with Gasteiger partial charge in [0.2, 0.25) is 0 Å². The summed E-state index contributed by atoms with van der Waals surface area (Å²) in [5, 5.41) is 0. The molecule has 0 saturated heterocycles. The zero-order chi connectivity index (χ0) is 57.8. The molecule has 0 heterocycles. The van der Waals surface area contributed by atoms with E-state index in [0.29, 0.717) is 19.3 Å². The van der Waals surface area contributed by atoms with Crippen molar-refractivity contribution in [3.8, 4) is 0 Å². The highest BCUT2D eigenvalue weighted by Crippen LogP contribution is 2.17.